The molecule has 0 unspecified atom stereocenters. The van der Waals surface area contributed by atoms with E-state index < -0.39 is 0 Å². The van der Waals surface area contributed by atoms with Crippen molar-refractivity contribution in [3.05, 3.63) is 36.5 Å². The van der Waals surface area contributed by atoms with Crippen LogP contribution in [-0.2, 0) is 0 Å². The van der Waals surface area contributed by atoms with E-state index in [-0.39, 0.29) is 7.43 Å². The van der Waals surface area contributed by atoms with E-state index in [0.717, 1.165) is 19.3 Å². The molecule has 0 saturated carbocycles. The number of allylic oxidation sites excluding steroid dienone is 6. The summed E-state index contributed by atoms with van der Waals surface area (Å²) in [4.78, 5) is 0. The molecule has 0 aliphatic carbocycles. The molecule has 0 aromatic rings. The largest absolute Gasteiger partial charge is 0.0885 e. The highest BCUT2D eigenvalue weighted by Crippen LogP contribution is 2.22. The molecule has 0 N–H and O–H groups in total. The maximum absolute atomic E-state index is 2.34. The minimum absolute atomic E-state index is 0. The lowest BCUT2D eigenvalue weighted by atomic mass is 9.89. The smallest absolute Gasteiger partial charge is 0.0169 e. The van der Waals surface area contributed by atoms with Crippen LogP contribution in [0.2, 0.25) is 0 Å². The van der Waals surface area contributed by atoms with Crippen LogP contribution in [-0.4, -0.2) is 0 Å². The second kappa shape index (κ2) is 15.6. The van der Waals surface area contributed by atoms with Gasteiger partial charge in [0.05, 0.1) is 0 Å². The van der Waals surface area contributed by atoms with Crippen LogP contribution in [0.25, 0.3) is 0 Å². The third-order valence-corrected chi connectivity index (χ3v) is 3.33. The van der Waals surface area contributed by atoms with Crippen molar-refractivity contribution in [2.45, 2.75) is 92.9 Å². The zero-order valence-corrected chi connectivity index (χ0v) is 14.3. The molecule has 0 aliphatic rings. The van der Waals surface area contributed by atoms with Gasteiger partial charge in [-0.1, -0.05) is 90.8 Å². The molecule has 0 atom stereocenters. The van der Waals surface area contributed by atoms with Gasteiger partial charge in [0.1, 0.15) is 0 Å². The highest BCUT2D eigenvalue weighted by Gasteiger charge is 2.08. The molecule has 0 amide bonds. The highest BCUT2D eigenvalue weighted by atomic mass is 14.1. The summed E-state index contributed by atoms with van der Waals surface area (Å²) >= 11 is 0. The Morgan fingerprint density at radius 2 is 1.19 bits per heavy atom. The minimum Gasteiger partial charge on any atom is -0.0885 e. The average molecular weight is 293 g/mol. The zero-order chi connectivity index (χ0) is 15.1. The summed E-state index contributed by atoms with van der Waals surface area (Å²) in [5.41, 5.74) is 0.512. The highest BCUT2D eigenvalue weighted by molar-refractivity contribution is 4.96. The van der Waals surface area contributed by atoms with Crippen LogP contribution in [0, 0.1) is 5.41 Å². The van der Waals surface area contributed by atoms with E-state index in [2.05, 4.69) is 64.2 Å². The molecule has 0 aliphatic heterocycles. The Morgan fingerprint density at radius 1 is 0.667 bits per heavy atom. The summed E-state index contributed by atoms with van der Waals surface area (Å²) < 4.78 is 0. The number of rotatable bonds is 11. The molecule has 0 rings (SSSR count). The fourth-order valence-electron chi connectivity index (χ4n) is 2.10. The first kappa shape index (κ1) is 22.5. The molecule has 21 heavy (non-hydrogen) atoms. The van der Waals surface area contributed by atoms with Crippen molar-refractivity contribution in [1.29, 1.82) is 0 Å². The van der Waals surface area contributed by atoms with Gasteiger partial charge in [-0.05, 0) is 43.9 Å². The molecule has 0 heteroatoms. The van der Waals surface area contributed by atoms with Gasteiger partial charge in [0.2, 0.25) is 0 Å². The van der Waals surface area contributed by atoms with Crippen LogP contribution in [0.5, 0.6) is 0 Å². The zero-order valence-electron chi connectivity index (χ0n) is 14.3. The normalized spacial score (nSPS) is 12.6. The van der Waals surface area contributed by atoms with Gasteiger partial charge in [0.15, 0.2) is 0 Å². The standard InChI is InChI=1S/C20H36.CH4/c1-5-6-7-8-9-10-11-12-13-14-15-16-17-18-19-20(2,3)4;/h6-7,9-10,12-13H,5,8,11,14-19H2,1-4H3;1H4/b7-6-,10-9-,13-12-;. The van der Waals surface area contributed by atoms with Gasteiger partial charge in [0.25, 0.3) is 0 Å². The second-order valence-corrected chi connectivity index (χ2v) is 6.81. The maximum atomic E-state index is 2.34. The van der Waals surface area contributed by atoms with Gasteiger partial charge in [-0.3, -0.25) is 0 Å². The first-order chi connectivity index (χ1) is 9.56. The summed E-state index contributed by atoms with van der Waals surface area (Å²) in [6, 6.07) is 0. The lowest BCUT2D eigenvalue weighted by Gasteiger charge is -2.17. The third kappa shape index (κ3) is 21.7. The van der Waals surface area contributed by atoms with E-state index in [1.807, 2.05) is 0 Å². The van der Waals surface area contributed by atoms with Crippen LogP contribution in [0.3, 0.4) is 0 Å². The average Bonchev–Trinajstić information content (AvgIpc) is 2.38. The van der Waals surface area contributed by atoms with E-state index >= 15 is 0 Å². The molecule has 0 aromatic carbocycles. The summed E-state index contributed by atoms with van der Waals surface area (Å²) in [6.45, 7) is 9.18. The van der Waals surface area contributed by atoms with Crippen molar-refractivity contribution < 1.29 is 0 Å². The predicted octanol–water partition coefficient (Wildman–Crippen LogP) is 7.87. The van der Waals surface area contributed by atoms with E-state index in [1.165, 1.54) is 38.5 Å². The molecule has 0 fully saturated rings. The SMILES string of the molecule is C.CC/C=C\C/C=C\C/C=C\CCCCCCC(C)(C)C. The summed E-state index contributed by atoms with van der Waals surface area (Å²) in [5.74, 6) is 0. The van der Waals surface area contributed by atoms with E-state index in [0.29, 0.717) is 5.41 Å². The second-order valence-electron chi connectivity index (χ2n) is 6.81. The first-order valence-electron chi connectivity index (χ1n) is 8.51. The summed E-state index contributed by atoms with van der Waals surface area (Å²) in [5, 5.41) is 0. The molecule has 0 bridgehead atoms. The lowest BCUT2D eigenvalue weighted by Crippen LogP contribution is -2.03. The van der Waals surface area contributed by atoms with Gasteiger partial charge in [-0.2, -0.15) is 0 Å². The van der Waals surface area contributed by atoms with Gasteiger partial charge in [-0.15, -0.1) is 0 Å². The van der Waals surface area contributed by atoms with Gasteiger partial charge >= 0.3 is 0 Å². The minimum atomic E-state index is 0. The topological polar surface area (TPSA) is 0 Å². The molecule has 124 valence electrons. The molecular formula is C21H40. The number of hydrogen-bond acceptors (Lipinski definition) is 0. The Balaban J connectivity index is 0. The molecule has 0 saturated heterocycles. The Hall–Kier alpha value is -0.780. The Kier molecular flexibility index (Phi) is 16.7. The van der Waals surface area contributed by atoms with Crippen LogP contribution in [0.4, 0.5) is 0 Å². The van der Waals surface area contributed by atoms with Gasteiger partial charge in [0, 0.05) is 0 Å². The van der Waals surface area contributed by atoms with E-state index in [9.17, 15) is 0 Å². The van der Waals surface area contributed by atoms with Crippen molar-refractivity contribution in [2.24, 2.45) is 5.41 Å². The number of hydrogen-bond donors (Lipinski definition) is 0. The third-order valence-electron chi connectivity index (χ3n) is 3.33. The predicted molar refractivity (Wildman–Crippen MR) is 101 cm³/mol. The lowest BCUT2D eigenvalue weighted by molar-refractivity contribution is 0.357. The van der Waals surface area contributed by atoms with Crippen molar-refractivity contribution in [1.82, 2.24) is 0 Å². The Bertz CT molecular complexity index is 273. The Labute approximate surface area is 135 Å². The fraction of sp³-hybridized carbons (Fsp3) is 0.714. The van der Waals surface area contributed by atoms with Crippen LogP contribution >= 0.6 is 0 Å². The van der Waals surface area contributed by atoms with Crippen molar-refractivity contribution in [3.63, 3.8) is 0 Å². The number of unbranched alkanes of at least 4 members (excludes halogenated alkanes) is 4. The van der Waals surface area contributed by atoms with Crippen LogP contribution < -0.4 is 0 Å². The van der Waals surface area contributed by atoms with Crippen molar-refractivity contribution in [2.75, 3.05) is 0 Å². The molecule has 0 aromatic heterocycles. The summed E-state index contributed by atoms with van der Waals surface area (Å²) in [6.07, 6.45) is 25.1. The van der Waals surface area contributed by atoms with E-state index in [1.54, 1.807) is 0 Å². The fourth-order valence-corrected chi connectivity index (χ4v) is 2.10. The molecular weight excluding hydrogens is 252 g/mol. The van der Waals surface area contributed by atoms with E-state index in [4.69, 9.17) is 0 Å². The monoisotopic (exact) mass is 292 g/mol. The van der Waals surface area contributed by atoms with Gasteiger partial charge in [-0.25, -0.2) is 0 Å². The molecule has 0 heterocycles. The Morgan fingerprint density at radius 3 is 1.76 bits per heavy atom. The van der Waals surface area contributed by atoms with Gasteiger partial charge < -0.3 is 0 Å². The molecule has 0 spiro atoms. The maximum Gasteiger partial charge on any atom is -0.0169 e. The van der Waals surface area contributed by atoms with Crippen molar-refractivity contribution >= 4 is 0 Å². The van der Waals surface area contributed by atoms with Crippen LogP contribution in [0.15, 0.2) is 36.5 Å². The quantitative estimate of drug-likeness (QED) is 0.268. The summed E-state index contributed by atoms with van der Waals surface area (Å²) in [7, 11) is 0. The van der Waals surface area contributed by atoms with Crippen LogP contribution in [0.1, 0.15) is 92.9 Å². The van der Waals surface area contributed by atoms with Crippen molar-refractivity contribution in [3.8, 4) is 0 Å². The first-order valence-corrected chi connectivity index (χ1v) is 8.51. The molecule has 0 radical (unpaired) electrons. The molecule has 0 nitrogen and oxygen atoms in total.